The normalized spacial score (nSPS) is 17.1. The minimum absolute atomic E-state index is 0.647. The van der Waals surface area contributed by atoms with Crippen LogP contribution in [0.1, 0.15) is 39.7 Å². The molecule has 2 rings (SSSR count). The van der Waals surface area contributed by atoms with Crippen molar-refractivity contribution in [1.82, 2.24) is 0 Å². The van der Waals surface area contributed by atoms with Crippen LogP contribution in [-0.4, -0.2) is 34.2 Å². The van der Waals surface area contributed by atoms with Gasteiger partial charge in [0, 0.05) is 12.1 Å². The van der Waals surface area contributed by atoms with Crippen molar-refractivity contribution in [3.05, 3.63) is 59.6 Å². The van der Waals surface area contributed by atoms with Crippen LogP contribution in [0.2, 0.25) is 0 Å². The summed E-state index contributed by atoms with van der Waals surface area (Å²) in [7, 11) is -1.07. The van der Waals surface area contributed by atoms with Crippen LogP contribution >= 0.6 is 0 Å². The molecule has 0 fully saturated rings. The van der Waals surface area contributed by atoms with Crippen molar-refractivity contribution < 1.29 is 14.8 Å². The van der Waals surface area contributed by atoms with E-state index in [0.29, 0.717) is 18.4 Å². The van der Waals surface area contributed by atoms with Gasteiger partial charge in [0.1, 0.15) is 0 Å². The number of hydrogen-bond donors (Lipinski definition) is 2. The monoisotopic (exact) mass is 327 g/mol. The van der Waals surface area contributed by atoms with Crippen LogP contribution in [0.4, 0.5) is 0 Å². The summed E-state index contributed by atoms with van der Waals surface area (Å²) >= 11 is 0. The number of hydrogen-bond acceptors (Lipinski definition) is 4. The van der Waals surface area contributed by atoms with Crippen LogP contribution in [0.5, 0.6) is 0 Å². The molecule has 0 aliphatic heterocycles. The predicted octanol–water partition coefficient (Wildman–Crippen LogP) is 3.10. The molecule has 0 amide bonds. The molecule has 0 spiro atoms. The summed E-state index contributed by atoms with van der Waals surface area (Å²) in [6, 6.07) is 10.1. The molecule has 0 atom stereocenters. The van der Waals surface area contributed by atoms with E-state index in [0.717, 1.165) is 5.71 Å². The lowest BCUT2D eigenvalue weighted by molar-refractivity contribution is -0.0987. The van der Waals surface area contributed by atoms with Gasteiger partial charge in [-0.1, -0.05) is 42.5 Å². The lowest BCUT2D eigenvalue weighted by atomic mass is 9.73. The molecule has 0 unspecified atom stereocenters. The highest BCUT2D eigenvalue weighted by atomic mass is 16.5. The van der Waals surface area contributed by atoms with E-state index < -0.39 is 18.3 Å². The maximum absolute atomic E-state index is 10.3. The van der Waals surface area contributed by atoms with Gasteiger partial charge >= 0.3 is 7.12 Å². The predicted molar refractivity (Wildman–Crippen MR) is 98.9 cm³/mol. The minimum Gasteiger partial charge on any atom is -0.423 e. The lowest BCUT2D eigenvalue weighted by Gasteiger charge is -2.38. The highest BCUT2D eigenvalue weighted by Gasteiger charge is 2.39. The molecule has 2 N–H and O–H groups in total. The van der Waals surface area contributed by atoms with Crippen molar-refractivity contribution >= 4 is 12.8 Å². The molecule has 0 radical (unpaired) electrons. The summed E-state index contributed by atoms with van der Waals surface area (Å²) in [6.45, 7) is 7.50. The topological polar surface area (TPSA) is 62.0 Å². The molecule has 1 aliphatic rings. The number of nitrogens with zero attached hydrogens (tertiary/aromatic N) is 1. The second-order valence-corrected chi connectivity index (χ2v) is 7.07. The number of benzene rings is 1. The van der Waals surface area contributed by atoms with Gasteiger partial charge in [-0.05, 0) is 44.8 Å². The Morgan fingerprint density at radius 1 is 1.12 bits per heavy atom. The Hall–Kier alpha value is -1.69. The standard InChI is InChI=1S/C19H26BNO3/c1-18(2,22)19(3,4)24-20(23)16-10-12-17(13-11-16)21-14-15-8-6-5-7-9-15/h5-12,22-23H,13-14H2,1-4H3. The molecule has 1 aromatic rings. The first-order valence-electron chi connectivity index (χ1n) is 8.23. The fourth-order valence-corrected chi connectivity index (χ4v) is 2.12. The van der Waals surface area contributed by atoms with Crippen molar-refractivity contribution in [3.8, 4) is 0 Å². The first kappa shape index (κ1) is 18.7. The molecule has 128 valence electrons. The Bertz CT molecular complexity index is 642. The van der Waals surface area contributed by atoms with Gasteiger partial charge in [0.15, 0.2) is 0 Å². The molecule has 0 heterocycles. The van der Waals surface area contributed by atoms with E-state index in [9.17, 15) is 10.1 Å². The van der Waals surface area contributed by atoms with E-state index in [-0.39, 0.29) is 0 Å². The zero-order chi connectivity index (χ0) is 17.8. The largest absolute Gasteiger partial charge is 0.491 e. The molecule has 0 saturated carbocycles. The Kier molecular flexibility index (Phi) is 5.81. The molecular weight excluding hydrogens is 301 g/mol. The average Bonchev–Trinajstić information content (AvgIpc) is 2.53. The second-order valence-electron chi connectivity index (χ2n) is 7.07. The first-order valence-corrected chi connectivity index (χ1v) is 8.23. The fraction of sp³-hybridized carbons (Fsp3) is 0.421. The quantitative estimate of drug-likeness (QED) is 0.789. The molecule has 5 heteroatoms. The average molecular weight is 327 g/mol. The van der Waals surface area contributed by atoms with E-state index in [4.69, 9.17) is 4.65 Å². The summed E-state index contributed by atoms with van der Waals surface area (Å²) < 4.78 is 5.65. The maximum atomic E-state index is 10.3. The van der Waals surface area contributed by atoms with Gasteiger partial charge in [-0.15, -0.1) is 0 Å². The fourth-order valence-electron chi connectivity index (χ4n) is 2.12. The van der Waals surface area contributed by atoms with Crippen molar-refractivity contribution in [2.75, 3.05) is 0 Å². The van der Waals surface area contributed by atoms with Gasteiger partial charge in [0.05, 0.1) is 17.7 Å². The summed E-state index contributed by atoms with van der Waals surface area (Å²) in [5.41, 5.74) is 0.892. The zero-order valence-corrected chi connectivity index (χ0v) is 14.9. The molecule has 0 bridgehead atoms. The number of aliphatic hydroxyl groups is 1. The van der Waals surface area contributed by atoms with Crippen LogP contribution in [0, 0.1) is 0 Å². The third kappa shape index (κ3) is 4.90. The van der Waals surface area contributed by atoms with Crippen molar-refractivity contribution in [3.63, 3.8) is 0 Å². The van der Waals surface area contributed by atoms with E-state index >= 15 is 0 Å². The molecule has 0 saturated heterocycles. The Morgan fingerprint density at radius 3 is 2.33 bits per heavy atom. The number of allylic oxidation sites excluding steroid dienone is 4. The third-order valence-electron chi connectivity index (χ3n) is 4.49. The van der Waals surface area contributed by atoms with Crippen LogP contribution in [0.25, 0.3) is 0 Å². The minimum atomic E-state index is -1.07. The Balaban J connectivity index is 1.94. The zero-order valence-electron chi connectivity index (χ0n) is 14.9. The Labute approximate surface area is 144 Å². The third-order valence-corrected chi connectivity index (χ3v) is 4.49. The summed E-state index contributed by atoms with van der Waals surface area (Å²) in [4.78, 5) is 4.58. The van der Waals surface area contributed by atoms with Gasteiger partial charge < -0.3 is 14.8 Å². The molecular formula is C19H26BNO3. The number of aliphatic imine (C=N–C) groups is 1. The Morgan fingerprint density at radius 2 is 1.79 bits per heavy atom. The van der Waals surface area contributed by atoms with Crippen molar-refractivity contribution in [1.29, 1.82) is 0 Å². The van der Waals surface area contributed by atoms with Crippen molar-refractivity contribution in [2.45, 2.75) is 51.9 Å². The van der Waals surface area contributed by atoms with Gasteiger partial charge in [0.2, 0.25) is 0 Å². The SMILES string of the molecule is CC(C)(O)C(C)(C)OB(O)C1=CCC(=NCc2ccccc2)C=C1. The summed E-state index contributed by atoms with van der Waals surface area (Å²) in [5.74, 6) is 0. The second kappa shape index (κ2) is 7.47. The van der Waals surface area contributed by atoms with Crippen LogP contribution in [0.3, 0.4) is 0 Å². The van der Waals surface area contributed by atoms with Crippen LogP contribution < -0.4 is 0 Å². The molecule has 1 aromatic carbocycles. The first-order chi connectivity index (χ1) is 11.2. The maximum Gasteiger partial charge on any atom is 0.491 e. The lowest BCUT2D eigenvalue weighted by Crippen LogP contribution is -2.50. The summed E-state index contributed by atoms with van der Waals surface area (Å²) in [6.07, 6.45) is 6.29. The highest BCUT2D eigenvalue weighted by molar-refractivity contribution is 6.53. The van der Waals surface area contributed by atoms with E-state index in [1.54, 1.807) is 27.7 Å². The number of rotatable bonds is 6. The molecule has 4 nitrogen and oxygen atoms in total. The van der Waals surface area contributed by atoms with Crippen LogP contribution in [0.15, 0.2) is 59.0 Å². The van der Waals surface area contributed by atoms with E-state index in [1.165, 1.54) is 5.56 Å². The van der Waals surface area contributed by atoms with Gasteiger partial charge in [-0.3, -0.25) is 4.99 Å². The molecule has 0 aromatic heterocycles. The highest BCUT2D eigenvalue weighted by Crippen LogP contribution is 2.27. The van der Waals surface area contributed by atoms with Crippen molar-refractivity contribution in [2.24, 2.45) is 4.99 Å². The smallest absolute Gasteiger partial charge is 0.423 e. The van der Waals surface area contributed by atoms with E-state index in [1.807, 2.05) is 48.6 Å². The molecule has 1 aliphatic carbocycles. The summed E-state index contributed by atoms with van der Waals surface area (Å²) in [5, 5.41) is 20.4. The van der Waals surface area contributed by atoms with Crippen LogP contribution in [-0.2, 0) is 11.2 Å². The van der Waals surface area contributed by atoms with Gasteiger partial charge in [0.25, 0.3) is 0 Å². The van der Waals surface area contributed by atoms with Gasteiger partial charge in [-0.2, -0.15) is 0 Å². The molecule has 24 heavy (non-hydrogen) atoms. The van der Waals surface area contributed by atoms with Gasteiger partial charge in [-0.25, -0.2) is 0 Å². The van der Waals surface area contributed by atoms with E-state index in [2.05, 4.69) is 4.99 Å².